The summed E-state index contributed by atoms with van der Waals surface area (Å²) in [5.41, 5.74) is 0.185. The van der Waals surface area contributed by atoms with Gasteiger partial charge >= 0.3 is 0 Å². The standard InChI is InChI=1S/C10H19NOSi/c1-5-10(4,6-2)9(8-11)13-12-7-3/h9H,5-7H2,1-4H3. The predicted octanol–water partition coefficient (Wildman–Crippen LogP) is 2.78. The van der Waals surface area contributed by atoms with Crippen LogP contribution in [0.25, 0.3) is 0 Å². The SMILES string of the molecule is CCO[Si]C(C#N)C(C)(CC)CC. The Labute approximate surface area is 84.2 Å². The summed E-state index contributed by atoms with van der Waals surface area (Å²) in [5.74, 6) is 0. The van der Waals surface area contributed by atoms with E-state index in [0.717, 1.165) is 12.8 Å². The van der Waals surface area contributed by atoms with E-state index in [-0.39, 0.29) is 11.0 Å². The highest BCUT2D eigenvalue weighted by Gasteiger charge is 2.32. The Morgan fingerprint density at radius 3 is 2.23 bits per heavy atom. The van der Waals surface area contributed by atoms with Gasteiger partial charge in [0.15, 0.2) is 0 Å². The first-order valence-corrected chi connectivity index (χ1v) is 5.90. The highest BCUT2D eigenvalue weighted by atomic mass is 28.2. The molecule has 0 saturated heterocycles. The van der Waals surface area contributed by atoms with Crippen molar-refractivity contribution in [3.8, 4) is 6.07 Å². The first-order chi connectivity index (χ1) is 6.14. The monoisotopic (exact) mass is 197 g/mol. The maximum Gasteiger partial charge on any atom is 0.248 e. The molecule has 0 aromatic heterocycles. The molecule has 0 N–H and O–H groups in total. The van der Waals surface area contributed by atoms with Gasteiger partial charge in [-0.05, 0) is 25.2 Å². The highest BCUT2D eigenvalue weighted by molar-refractivity contribution is 6.31. The average Bonchev–Trinajstić information content (AvgIpc) is 2.18. The van der Waals surface area contributed by atoms with Gasteiger partial charge in [-0.1, -0.05) is 20.8 Å². The number of hydrogen-bond acceptors (Lipinski definition) is 2. The van der Waals surface area contributed by atoms with E-state index in [2.05, 4.69) is 26.8 Å². The maximum atomic E-state index is 9.03. The molecule has 1 atom stereocenters. The molecular formula is C10H19NOSi. The molecule has 0 aliphatic heterocycles. The van der Waals surface area contributed by atoms with Crippen molar-refractivity contribution in [2.24, 2.45) is 5.41 Å². The van der Waals surface area contributed by atoms with Crippen LogP contribution in [0.3, 0.4) is 0 Å². The fraction of sp³-hybridized carbons (Fsp3) is 0.900. The normalized spacial score (nSPS) is 13.8. The third-order valence-corrected chi connectivity index (χ3v) is 4.30. The van der Waals surface area contributed by atoms with Crippen LogP contribution in [-0.4, -0.2) is 16.4 Å². The minimum Gasteiger partial charge on any atom is -0.416 e. The van der Waals surface area contributed by atoms with E-state index in [0.29, 0.717) is 16.4 Å². The van der Waals surface area contributed by atoms with Crippen LogP contribution in [0.4, 0.5) is 0 Å². The Hall–Kier alpha value is -0.333. The molecule has 2 nitrogen and oxygen atoms in total. The minimum atomic E-state index is 0.0578. The largest absolute Gasteiger partial charge is 0.416 e. The van der Waals surface area contributed by atoms with Crippen LogP contribution in [0, 0.1) is 16.7 Å². The molecule has 0 aromatic carbocycles. The van der Waals surface area contributed by atoms with Gasteiger partial charge in [0, 0.05) is 6.61 Å². The Bertz CT molecular complexity index is 172. The van der Waals surface area contributed by atoms with Crippen LogP contribution in [0.15, 0.2) is 0 Å². The Morgan fingerprint density at radius 2 is 1.92 bits per heavy atom. The van der Waals surface area contributed by atoms with Gasteiger partial charge in [-0.25, -0.2) is 0 Å². The molecule has 74 valence electrons. The van der Waals surface area contributed by atoms with E-state index in [1.54, 1.807) is 0 Å². The smallest absolute Gasteiger partial charge is 0.248 e. The van der Waals surface area contributed by atoms with Gasteiger partial charge in [0.1, 0.15) is 0 Å². The number of nitriles is 1. The minimum absolute atomic E-state index is 0.0578. The van der Waals surface area contributed by atoms with Crippen molar-refractivity contribution >= 4 is 9.76 Å². The van der Waals surface area contributed by atoms with Crippen LogP contribution in [-0.2, 0) is 4.43 Å². The van der Waals surface area contributed by atoms with Crippen molar-refractivity contribution in [3.63, 3.8) is 0 Å². The van der Waals surface area contributed by atoms with Crippen molar-refractivity contribution in [3.05, 3.63) is 0 Å². The van der Waals surface area contributed by atoms with Crippen LogP contribution >= 0.6 is 0 Å². The second kappa shape index (κ2) is 6.17. The lowest BCUT2D eigenvalue weighted by Crippen LogP contribution is -2.26. The summed E-state index contributed by atoms with van der Waals surface area (Å²) in [5, 5.41) is 9.03. The maximum absolute atomic E-state index is 9.03. The van der Waals surface area contributed by atoms with E-state index in [4.69, 9.17) is 9.69 Å². The summed E-state index contributed by atoms with van der Waals surface area (Å²) in [4.78, 5) is 0. The molecule has 13 heavy (non-hydrogen) atoms. The van der Waals surface area contributed by atoms with Crippen LogP contribution in [0.5, 0.6) is 0 Å². The molecule has 0 spiro atoms. The lowest BCUT2D eigenvalue weighted by Gasteiger charge is -2.30. The predicted molar refractivity (Wildman–Crippen MR) is 55.4 cm³/mol. The lowest BCUT2D eigenvalue weighted by molar-refractivity contribution is 0.274. The van der Waals surface area contributed by atoms with Gasteiger partial charge in [-0.3, -0.25) is 0 Å². The Balaban J connectivity index is 4.28. The number of rotatable bonds is 6. The highest BCUT2D eigenvalue weighted by Crippen LogP contribution is 2.37. The molecule has 0 heterocycles. The van der Waals surface area contributed by atoms with Gasteiger partial charge in [-0.15, -0.1) is 0 Å². The molecule has 0 rings (SSSR count). The zero-order chi connectivity index (χ0) is 10.3. The summed E-state index contributed by atoms with van der Waals surface area (Å²) in [6.45, 7) is 9.14. The first-order valence-electron chi connectivity index (χ1n) is 4.91. The van der Waals surface area contributed by atoms with Crippen LogP contribution in [0.1, 0.15) is 40.5 Å². The summed E-state index contributed by atoms with van der Waals surface area (Å²) in [7, 11) is 0.327. The first kappa shape index (κ1) is 12.7. The second-order valence-electron chi connectivity index (χ2n) is 3.47. The van der Waals surface area contributed by atoms with Gasteiger partial charge in [0.25, 0.3) is 0 Å². The molecule has 3 heteroatoms. The average molecular weight is 197 g/mol. The van der Waals surface area contributed by atoms with Crippen molar-refractivity contribution in [2.45, 2.75) is 46.1 Å². The van der Waals surface area contributed by atoms with E-state index in [1.165, 1.54) is 0 Å². The van der Waals surface area contributed by atoms with Crippen LogP contribution < -0.4 is 0 Å². The molecule has 0 fully saturated rings. The third kappa shape index (κ3) is 3.49. The Morgan fingerprint density at radius 1 is 1.38 bits per heavy atom. The van der Waals surface area contributed by atoms with E-state index in [1.807, 2.05) is 6.92 Å². The fourth-order valence-corrected chi connectivity index (χ4v) is 2.23. The van der Waals surface area contributed by atoms with E-state index >= 15 is 0 Å². The van der Waals surface area contributed by atoms with Gasteiger partial charge in [0.05, 0.1) is 11.6 Å². The molecule has 0 bridgehead atoms. The number of nitrogens with zero attached hydrogens (tertiary/aromatic N) is 1. The Kier molecular flexibility index (Phi) is 6.01. The van der Waals surface area contributed by atoms with Crippen molar-refractivity contribution < 1.29 is 4.43 Å². The van der Waals surface area contributed by atoms with Gasteiger partial charge in [0.2, 0.25) is 9.76 Å². The summed E-state index contributed by atoms with van der Waals surface area (Å²) in [6, 6.07) is 2.37. The molecule has 0 saturated carbocycles. The van der Waals surface area contributed by atoms with E-state index < -0.39 is 0 Å². The summed E-state index contributed by atoms with van der Waals surface area (Å²) >= 11 is 0. The fourth-order valence-electron chi connectivity index (χ4n) is 1.15. The van der Waals surface area contributed by atoms with Crippen LogP contribution in [0.2, 0.25) is 5.54 Å². The second-order valence-corrected chi connectivity index (χ2v) is 4.58. The van der Waals surface area contributed by atoms with Gasteiger partial charge in [-0.2, -0.15) is 5.26 Å². The molecule has 0 aromatic rings. The van der Waals surface area contributed by atoms with Crippen molar-refractivity contribution in [2.75, 3.05) is 6.61 Å². The quantitative estimate of drug-likeness (QED) is 0.613. The zero-order valence-electron chi connectivity index (χ0n) is 9.05. The molecular weight excluding hydrogens is 178 g/mol. The topological polar surface area (TPSA) is 33.0 Å². The zero-order valence-corrected chi connectivity index (χ0v) is 10.1. The van der Waals surface area contributed by atoms with Crippen molar-refractivity contribution in [1.82, 2.24) is 0 Å². The molecule has 2 radical (unpaired) electrons. The summed E-state index contributed by atoms with van der Waals surface area (Å²) in [6.07, 6.45) is 2.09. The van der Waals surface area contributed by atoms with E-state index in [9.17, 15) is 0 Å². The molecule has 0 amide bonds. The number of hydrogen-bond donors (Lipinski definition) is 0. The third-order valence-electron chi connectivity index (χ3n) is 2.79. The molecule has 1 unspecified atom stereocenters. The van der Waals surface area contributed by atoms with Crippen molar-refractivity contribution in [1.29, 1.82) is 5.26 Å². The lowest BCUT2D eigenvalue weighted by atomic mass is 9.81. The summed E-state index contributed by atoms with van der Waals surface area (Å²) < 4.78 is 5.34. The van der Waals surface area contributed by atoms with Gasteiger partial charge < -0.3 is 4.43 Å². The molecule has 0 aliphatic carbocycles. The molecule has 0 aliphatic rings.